The summed E-state index contributed by atoms with van der Waals surface area (Å²) in [6, 6.07) is 82.3. The Kier molecular flexibility index (Phi) is 8.57. The van der Waals surface area contributed by atoms with E-state index < -0.39 is 0 Å². The maximum Gasteiger partial charge on any atom is 0.0540 e. The molecule has 284 valence electrons. The van der Waals surface area contributed by atoms with Gasteiger partial charge in [-0.2, -0.15) is 0 Å². The maximum absolute atomic E-state index is 2.41. The molecule has 0 N–H and O–H groups in total. The summed E-state index contributed by atoms with van der Waals surface area (Å²) < 4.78 is 0. The van der Waals surface area contributed by atoms with Gasteiger partial charge in [0.15, 0.2) is 0 Å². The molecule has 0 fully saturated rings. The van der Waals surface area contributed by atoms with Crippen LogP contribution < -0.4 is 4.90 Å². The van der Waals surface area contributed by atoms with E-state index in [1.807, 2.05) is 0 Å². The van der Waals surface area contributed by atoms with Crippen molar-refractivity contribution >= 4 is 38.6 Å². The largest absolute Gasteiger partial charge is 0.310 e. The topological polar surface area (TPSA) is 3.24 Å². The van der Waals surface area contributed by atoms with Crippen LogP contribution in [0, 0.1) is 0 Å². The first-order valence-electron chi connectivity index (χ1n) is 20.9. The molecule has 0 radical (unpaired) electrons. The van der Waals surface area contributed by atoms with E-state index in [4.69, 9.17) is 0 Å². The van der Waals surface area contributed by atoms with Gasteiger partial charge < -0.3 is 4.90 Å². The predicted molar refractivity (Wildman–Crippen MR) is 255 cm³/mol. The van der Waals surface area contributed by atoms with Gasteiger partial charge in [-0.15, -0.1) is 0 Å². The number of hydrogen-bond donors (Lipinski definition) is 0. The molecule has 1 heteroatoms. The van der Waals surface area contributed by atoms with Gasteiger partial charge in [-0.25, -0.2) is 0 Å². The van der Waals surface area contributed by atoms with Gasteiger partial charge in [0, 0.05) is 22.2 Å². The van der Waals surface area contributed by atoms with Crippen LogP contribution in [-0.2, 0) is 5.41 Å². The minimum absolute atomic E-state index is 0.0749. The molecule has 0 atom stereocenters. The normalized spacial score (nSPS) is 12.6. The molecule has 1 aliphatic rings. The molecular weight excluding hydrogens is 723 g/mol. The number of rotatable bonds is 7. The van der Waals surface area contributed by atoms with E-state index in [9.17, 15) is 0 Å². The quantitative estimate of drug-likeness (QED) is 0.156. The average molecular weight is 766 g/mol. The van der Waals surface area contributed by atoms with Crippen LogP contribution in [0.1, 0.15) is 25.0 Å². The summed E-state index contributed by atoms with van der Waals surface area (Å²) in [4.78, 5) is 2.40. The minimum Gasteiger partial charge on any atom is -0.310 e. The zero-order valence-electron chi connectivity index (χ0n) is 33.8. The van der Waals surface area contributed by atoms with E-state index in [1.165, 1.54) is 88.3 Å². The number of hydrogen-bond acceptors (Lipinski definition) is 1. The second kappa shape index (κ2) is 14.4. The predicted octanol–water partition coefficient (Wildman–Crippen LogP) is 16.4. The molecule has 10 aromatic carbocycles. The summed E-state index contributed by atoms with van der Waals surface area (Å²) in [6.45, 7) is 4.72. The van der Waals surface area contributed by atoms with Gasteiger partial charge in [0.25, 0.3) is 0 Å². The molecule has 0 spiro atoms. The van der Waals surface area contributed by atoms with Crippen molar-refractivity contribution in [3.05, 3.63) is 236 Å². The van der Waals surface area contributed by atoms with Crippen molar-refractivity contribution in [2.75, 3.05) is 4.90 Å². The van der Waals surface area contributed by atoms with Crippen LogP contribution in [0.4, 0.5) is 17.1 Å². The van der Waals surface area contributed by atoms with Crippen molar-refractivity contribution in [3.8, 4) is 55.6 Å². The lowest BCUT2D eigenvalue weighted by molar-refractivity contribution is 0.660. The van der Waals surface area contributed by atoms with Gasteiger partial charge in [0.1, 0.15) is 0 Å². The van der Waals surface area contributed by atoms with Crippen LogP contribution in [0.5, 0.6) is 0 Å². The minimum atomic E-state index is -0.0749. The first kappa shape index (κ1) is 35.7. The van der Waals surface area contributed by atoms with Gasteiger partial charge in [-0.1, -0.05) is 202 Å². The van der Waals surface area contributed by atoms with E-state index >= 15 is 0 Å². The Morgan fingerprint density at radius 2 is 0.833 bits per heavy atom. The molecule has 11 rings (SSSR count). The van der Waals surface area contributed by atoms with Crippen molar-refractivity contribution in [2.45, 2.75) is 19.3 Å². The zero-order valence-corrected chi connectivity index (χ0v) is 33.8. The van der Waals surface area contributed by atoms with E-state index in [0.29, 0.717) is 0 Å². The zero-order chi connectivity index (χ0) is 40.2. The summed E-state index contributed by atoms with van der Waals surface area (Å²) in [6.07, 6.45) is 0. The molecule has 0 heterocycles. The van der Waals surface area contributed by atoms with Crippen molar-refractivity contribution in [3.63, 3.8) is 0 Å². The molecule has 0 saturated carbocycles. The first-order valence-corrected chi connectivity index (χ1v) is 20.9. The lowest BCUT2D eigenvalue weighted by Gasteiger charge is -2.27. The van der Waals surface area contributed by atoms with E-state index in [0.717, 1.165) is 17.1 Å². The Morgan fingerprint density at radius 1 is 0.317 bits per heavy atom. The Hall–Kier alpha value is -7.48. The van der Waals surface area contributed by atoms with E-state index in [-0.39, 0.29) is 5.41 Å². The molecule has 1 aliphatic carbocycles. The van der Waals surface area contributed by atoms with Crippen LogP contribution in [0.3, 0.4) is 0 Å². The molecule has 0 aliphatic heterocycles. The van der Waals surface area contributed by atoms with Crippen LogP contribution in [0.25, 0.3) is 77.2 Å². The number of nitrogens with zero attached hydrogens (tertiary/aromatic N) is 1. The van der Waals surface area contributed by atoms with Crippen molar-refractivity contribution in [1.82, 2.24) is 0 Å². The third-order valence-corrected chi connectivity index (χ3v) is 12.7. The smallest absolute Gasteiger partial charge is 0.0540 e. The fourth-order valence-electron chi connectivity index (χ4n) is 9.70. The molecule has 0 saturated heterocycles. The van der Waals surface area contributed by atoms with Crippen LogP contribution >= 0.6 is 0 Å². The lowest BCUT2D eigenvalue weighted by Crippen LogP contribution is -2.14. The van der Waals surface area contributed by atoms with Gasteiger partial charge in [-0.3, -0.25) is 0 Å². The highest BCUT2D eigenvalue weighted by atomic mass is 15.1. The summed E-state index contributed by atoms with van der Waals surface area (Å²) >= 11 is 0. The van der Waals surface area contributed by atoms with Gasteiger partial charge in [-0.05, 0) is 119 Å². The van der Waals surface area contributed by atoms with Gasteiger partial charge >= 0.3 is 0 Å². The Morgan fingerprint density at radius 3 is 1.60 bits per heavy atom. The van der Waals surface area contributed by atoms with E-state index in [1.54, 1.807) is 0 Å². The van der Waals surface area contributed by atoms with Crippen molar-refractivity contribution in [2.24, 2.45) is 0 Å². The summed E-state index contributed by atoms with van der Waals surface area (Å²) in [7, 11) is 0. The molecule has 0 aromatic heterocycles. The Bertz CT molecular complexity index is 3200. The highest BCUT2D eigenvalue weighted by Gasteiger charge is 2.36. The number of fused-ring (bicyclic) bond motifs is 5. The number of benzene rings is 10. The lowest BCUT2D eigenvalue weighted by atomic mass is 9.81. The summed E-state index contributed by atoms with van der Waals surface area (Å²) in [5.41, 5.74) is 18.5. The van der Waals surface area contributed by atoms with Crippen LogP contribution in [-0.4, -0.2) is 0 Å². The monoisotopic (exact) mass is 765 g/mol. The summed E-state index contributed by atoms with van der Waals surface area (Å²) in [5, 5.41) is 4.94. The molecule has 0 amide bonds. The highest BCUT2D eigenvalue weighted by molar-refractivity contribution is 6.01. The molecular formula is C59H43N. The molecule has 1 nitrogen and oxygen atoms in total. The third kappa shape index (κ3) is 5.93. The Labute approximate surface area is 352 Å². The number of anilines is 3. The third-order valence-electron chi connectivity index (χ3n) is 12.7. The highest BCUT2D eigenvalue weighted by Crippen LogP contribution is 2.53. The van der Waals surface area contributed by atoms with Gasteiger partial charge in [0.05, 0.1) is 5.69 Å². The van der Waals surface area contributed by atoms with E-state index in [2.05, 4.69) is 243 Å². The van der Waals surface area contributed by atoms with Gasteiger partial charge in [0.2, 0.25) is 0 Å². The SMILES string of the molecule is CC1(C)c2ccccc2-c2c(-c3cc(-c4ccc(N(c5ccc(-c6cccc7ccccc67)cc5)c5cccc6ccccc56)cc4)ccc3-c3ccccc3)cccc21. The standard InChI is InChI=1S/C59H43N/c1-59(2)55-26-11-10-23-53(55)58-52(25-14-27-56(58)59)54-39-45(33-38-50(54)41-15-4-3-5-16-41)40-29-34-46(35-30-40)60(57-28-13-20-43-18-7-9-22-51(43)57)47-36-31-44(32-37-47)49-24-12-19-42-17-6-8-21-48(42)49/h3-39H,1-2H3. The van der Waals surface area contributed by atoms with Crippen molar-refractivity contribution in [1.29, 1.82) is 0 Å². The molecule has 0 unspecified atom stereocenters. The first-order chi connectivity index (χ1) is 29.5. The second-order valence-corrected chi connectivity index (χ2v) is 16.5. The summed E-state index contributed by atoms with van der Waals surface area (Å²) in [5.74, 6) is 0. The second-order valence-electron chi connectivity index (χ2n) is 16.5. The fourth-order valence-corrected chi connectivity index (χ4v) is 9.70. The fraction of sp³-hybridized carbons (Fsp3) is 0.0508. The molecule has 60 heavy (non-hydrogen) atoms. The van der Waals surface area contributed by atoms with Crippen molar-refractivity contribution < 1.29 is 0 Å². The molecule has 10 aromatic rings. The molecule has 0 bridgehead atoms. The Balaban J connectivity index is 1.03. The van der Waals surface area contributed by atoms with Crippen LogP contribution in [0.2, 0.25) is 0 Å². The maximum atomic E-state index is 2.41. The van der Waals surface area contributed by atoms with Crippen LogP contribution in [0.15, 0.2) is 224 Å². The average Bonchev–Trinajstić information content (AvgIpc) is 3.55.